The molecule has 0 amide bonds. The van der Waals surface area contributed by atoms with Crippen molar-refractivity contribution in [1.82, 2.24) is 5.32 Å². The first-order chi connectivity index (χ1) is 4.22. The van der Waals surface area contributed by atoms with Crippen LogP contribution in [0.3, 0.4) is 0 Å². The van der Waals surface area contributed by atoms with Crippen molar-refractivity contribution in [1.29, 1.82) is 0 Å². The third-order valence-electron chi connectivity index (χ3n) is 1.32. The zero-order valence-electron chi connectivity index (χ0n) is 6.28. The van der Waals surface area contributed by atoms with Gasteiger partial charge in [-0.3, -0.25) is 0 Å². The van der Waals surface area contributed by atoms with Crippen LogP contribution in [0.25, 0.3) is 0 Å². The molecule has 1 nitrogen and oxygen atoms in total. The van der Waals surface area contributed by atoms with Gasteiger partial charge >= 0.3 is 0 Å². The molecule has 0 heterocycles. The SMILES string of the molecule is C=CN[C@@H](CC)C(=C)C. The van der Waals surface area contributed by atoms with E-state index >= 15 is 0 Å². The molecule has 0 aromatic heterocycles. The maximum absolute atomic E-state index is 3.83. The Hall–Kier alpha value is -0.720. The summed E-state index contributed by atoms with van der Waals surface area (Å²) < 4.78 is 0. The van der Waals surface area contributed by atoms with Crippen molar-refractivity contribution in [3.05, 3.63) is 24.9 Å². The van der Waals surface area contributed by atoms with Crippen molar-refractivity contribution in [2.45, 2.75) is 26.3 Å². The normalized spacial score (nSPS) is 12.2. The van der Waals surface area contributed by atoms with E-state index in [1.54, 1.807) is 6.20 Å². The lowest BCUT2D eigenvalue weighted by Crippen LogP contribution is -2.23. The molecule has 0 spiro atoms. The molecule has 1 atom stereocenters. The molecule has 0 aliphatic carbocycles. The molecule has 0 saturated carbocycles. The third kappa shape index (κ3) is 2.96. The van der Waals surface area contributed by atoms with Crippen LogP contribution in [-0.4, -0.2) is 6.04 Å². The standard InChI is InChI=1S/C8H15N/c1-5-8(7(3)4)9-6-2/h6,8-9H,2-3,5H2,1,4H3/t8-/m0/s1. The second kappa shape index (κ2) is 4.19. The van der Waals surface area contributed by atoms with Gasteiger partial charge in [-0.25, -0.2) is 0 Å². The summed E-state index contributed by atoms with van der Waals surface area (Å²) in [7, 11) is 0. The van der Waals surface area contributed by atoms with Crippen molar-refractivity contribution in [3.63, 3.8) is 0 Å². The van der Waals surface area contributed by atoms with E-state index in [1.165, 1.54) is 0 Å². The van der Waals surface area contributed by atoms with E-state index in [9.17, 15) is 0 Å². The fourth-order valence-corrected chi connectivity index (χ4v) is 0.751. The number of rotatable bonds is 4. The summed E-state index contributed by atoms with van der Waals surface area (Å²) >= 11 is 0. The number of hydrogen-bond acceptors (Lipinski definition) is 1. The van der Waals surface area contributed by atoms with Gasteiger partial charge in [0, 0.05) is 6.04 Å². The summed E-state index contributed by atoms with van der Waals surface area (Å²) in [4.78, 5) is 0. The van der Waals surface area contributed by atoms with Crippen LogP contribution < -0.4 is 5.32 Å². The average Bonchev–Trinajstić information content (AvgIpc) is 1.82. The second-order valence-corrected chi connectivity index (χ2v) is 2.18. The highest BCUT2D eigenvalue weighted by atomic mass is 14.9. The Bertz CT molecular complexity index is 105. The summed E-state index contributed by atoms with van der Waals surface area (Å²) in [5.74, 6) is 0. The zero-order valence-corrected chi connectivity index (χ0v) is 6.28. The molecule has 52 valence electrons. The van der Waals surface area contributed by atoms with Crippen molar-refractivity contribution < 1.29 is 0 Å². The van der Waals surface area contributed by atoms with Crippen LogP contribution in [0.15, 0.2) is 24.9 Å². The van der Waals surface area contributed by atoms with Gasteiger partial charge in [-0.1, -0.05) is 25.7 Å². The lowest BCUT2D eigenvalue weighted by molar-refractivity contribution is 0.646. The van der Waals surface area contributed by atoms with Gasteiger partial charge in [0.1, 0.15) is 0 Å². The molecule has 0 aliphatic rings. The minimum atomic E-state index is 0.405. The van der Waals surface area contributed by atoms with Crippen LogP contribution in [0.5, 0.6) is 0 Å². The molecular formula is C8H15N. The molecule has 0 unspecified atom stereocenters. The van der Waals surface area contributed by atoms with E-state index in [2.05, 4.69) is 25.4 Å². The Morgan fingerprint density at radius 1 is 1.78 bits per heavy atom. The van der Waals surface area contributed by atoms with Gasteiger partial charge in [0.25, 0.3) is 0 Å². The van der Waals surface area contributed by atoms with Crippen molar-refractivity contribution in [2.24, 2.45) is 0 Å². The van der Waals surface area contributed by atoms with Crippen molar-refractivity contribution >= 4 is 0 Å². The van der Waals surface area contributed by atoms with Crippen LogP contribution in [0.4, 0.5) is 0 Å². The molecule has 0 fully saturated rings. The highest BCUT2D eigenvalue weighted by molar-refractivity contribution is 5.02. The van der Waals surface area contributed by atoms with Gasteiger partial charge in [0.2, 0.25) is 0 Å². The van der Waals surface area contributed by atoms with E-state index in [0.717, 1.165) is 12.0 Å². The number of hydrogen-bond donors (Lipinski definition) is 1. The van der Waals surface area contributed by atoms with E-state index in [0.29, 0.717) is 6.04 Å². The Kier molecular flexibility index (Phi) is 3.85. The predicted molar refractivity (Wildman–Crippen MR) is 42.2 cm³/mol. The molecule has 0 aromatic carbocycles. The molecule has 0 aromatic rings. The summed E-state index contributed by atoms with van der Waals surface area (Å²) in [6.07, 6.45) is 2.78. The van der Waals surface area contributed by atoms with Gasteiger partial charge in [0.15, 0.2) is 0 Å². The lowest BCUT2D eigenvalue weighted by Gasteiger charge is -2.13. The van der Waals surface area contributed by atoms with Gasteiger partial charge < -0.3 is 5.32 Å². The molecule has 0 bridgehead atoms. The monoisotopic (exact) mass is 125 g/mol. The third-order valence-corrected chi connectivity index (χ3v) is 1.32. The first-order valence-electron chi connectivity index (χ1n) is 3.24. The first kappa shape index (κ1) is 8.28. The van der Waals surface area contributed by atoms with Gasteiger partial charge in [-0.15, -0.1) is 0 Å². The maximum Gasteiger partial charge on any atom is 0.0460 e. The van der Waals surface area contributed by atoms with Gasteiger partial charge in [-0.2, -0.15) is 0 Å². The number of nitrogens with one attached hydrogen (secondary N) is 1. The van der Waals surface area contributed by atoms with Crippen LogP contribution in [0, 0.1) is 0 Å². The highest BCUT2D eigenvalue weighted by Crippen LogP contribution is 2.00. The first-order valence-corrected chi connectivity index (χ1v) is 3.24. The van der Waals surface area contributed by atoms with Gasteiger partial charge in [0.05, 0.1) is 0 Å². The van der Waals surface area contributed by atoms with Crippen molar-refractivity contribution in [3.8, 4) is 0 Å². The Labute approximate surface area is 57.5 Å². The molecule has 0 rings (SSSR count). The summed E-state index contributed by atoms with van der Waals surface area (Å²) in [6, 6.07) is 0.405. The second-order valence-electron chi connectivity index (χ2n) is 2.18. The Balaban J connectivity index is 3.67. The predicted octanol–water partition coefficient (Wildman–Crippen LogP) is 2.07. The zero-order chi connectivity index (χ0) is 7.28. The average molecular weight is 125 g/mol. The fourth-order valence-electron chi connectivity index (χ4n) is 0.751. The lowest BCUT2D eigenvalue weighted by atomic mass is 10.1. The largest absolute Gasteiger partial charge is 0.385 e. The van der Waals surface area contributed by atoms with Crippen LogP contribution in [-0.2, 0) is 0 Å². The topological polar surface area (TPSA) is 12.0 Å². The molecule has 1 N–H and O–H groups in total. The fraction of sp³-hybridized carbons (Fsp3) is 0.500. The summed E-state index contributed by atoms with van der Waals surface area (Å²) in [5, 5.41) is 3.10. The molecular weight excluding hydrogens is 110 g/mol. The quantitative estimate of drug-likeness (QED) is 0.567. The minimum Gasteiger partial charge on any atom is -0.385 e. The minimum absolute atomic E-state index is 0.405. The van der Waals surface area contributed by atoms with Crippen molar-refractivity contribution in [2.75, 3.05) is 0 Å². The molecule has 0 radical (unpaired) electrons. The molecule has 9 heavy (non-hydrogen) atoms. The van der Waals surface area contributed by atoms with E-state index < -0.39 is 0 Å². The highest BCUT2D eigenvalue weighted by Gasteiger charge is 2.00. The van der Waals surface area contributed by atoms with Crippen LogP contribution >= 0.6 is 0 Å². The Morgan fingerprint density at radius 2 is 2.33 bits per heavy atom. The van der Waals surface area contributed by atoms with E-state index in [4.69, 9.17) is 0 Å². The smallest absolute Gasteiger partial charge is 0.0460 e. The molecule has 0 aliphatic heterocycles. The van der Waals surface area contributed by atoms with E-state index in [1.807, 2.05) is 6.92 Å². The van der Waals surface area contributed by atoms with Crippen LogP contribution in [0.2, 0.25) is 0 Å². The molecule has 1 heteroatoms. The van der Waals surface area contributed by atoms with Crippen LogP contribution in [0.1, 0.15) is 20.3 Å². The van der Waals surface area contributed by atoms with E-state index in [-0.39, 0.29) is 0 Å². The summed E-state index contributed by atoms with van der Waals surface area (Å²) in [6.45, 7) is 11.6. The molecule has 0 saturated heterocycles. The maximum atomic E-state index is 3.83. The van der Waals surface area contributed by atoms with Gasteiger partial charge in [-0.05, 0) is 19.5 Å². The summed E-state index contributed by atoms with van der Waals surface area (Å²) in [5.41, 5.74) is 1.16. The Morgan fingerprint density at radius 3 is 2.44 bits per heavy atom.